The Morgan fingerprint density at radius 2 is 1.95 bits per heavy atom. The summed E-state index contributed by atoms with van der Waals surface area (Å²) in [6, 6.07) is 13.3. The zero-order valence-electron chi connectivity index (χ0n) is 11.2. The van der Waals surface area contributed by atoms with E-state index in [0.717, 1.165) is 5.56 Å². The van der Waals surface area contributed by atoms with E-state index in [-0.39, 0.29) is 17.7 Å². The zero-order chi connectivity index (χ0) is 15.2. The number of halogens is 2. The van der Waals surface area contributed by atoms with E-state index < -0.39 is 5.82 Å². The second-order valence-electron chi connectivity index (χ2n) is 4.60. The molecule has 5 heteroatoms. The van der Waals surface area contributed by atoms with Crippen molar-refractivity contribution in [2.24, 2.45) is 0 Å². The lowest BCUT2D eigenvalue weighted by Crippen LogP contribution is -2.24. The largest absolute Gasteiger partial charge is 0.394 e. The highest BCUT2D eigenvalue weighted by Crippen LogP contribution is 2.20. The van der Waals surface area contributed by atoms with Crippen molar-refractivity contribution in [2.45, 2.75) is 12.6 Å². The molecule has 2 aromatic carbocycles. The van der Waals surface area contributed by atoms with Gasteiger partial charge in [0.15, 0.2) is 0 Å². The number of aliphatic hydroxyl groups excluding tert-OH is 1. The van der Waals surface area contributed by atoms with Crippen molar-refractivity contribution < 1.29 is 9.50 Å². The number of nitrogens with zero attached hydrogens (tertiary/aromatic N) is 1. The van der Waals surface area contributed by atoms with E-state index in [4.69, 9.17) is 16.9 Å². The van der Waals surface area contributed by atoms with Crippen LogP contribution < -0.4 is 5.32 Å². The van der Waals surface area contributed by atoms with E-state index in [9.17, 15) is 9.50 Å². The summed E-state index contributed by atoms with van der Waals surface area (Å²) < 4.78 is 13.5. The molecule has 0 saturated heterocycles. The molecule has 0 aliphatic carbocycles. The highest BCUT2D eigenvalue weighted by molar-refractivity contribution is 6.30. The molecular weight excluding hydrogens is 291 g/mol. The molecule has 0 aliphatic heterocycles. The first-order valence-corrected chi connectivity index (χ1v) is 6.80. The molecule has 0 saturated carbocycles. The minimum Gasteiger partial charge on any atom is -0.394 e. The Morgan fingerprint density at radius 3 is 2.52 bits per heavy atom. The Labute approximate surface area is 127 Å². The third kappa shape index (κ3) is 4.02. The summed E-state index contributed by atoms with van der Waals surface area (Å²) in [5, 5.41) is 21.4. The van der Waals surface area contributed by atoms with Gasteiger partial charge in [-0.3, -0.25) is 0 Å². The van der Waals surface area contributed by atoms with Crippen molar-refractivity contribution in [3.05, 3.63) is 70.0 Å². The Bertz CT molecular complexity index is 652. The molecule has 0 bridgehead atoms. The number of hydrogen-bond donors (Lipinski definition) is 2. The first kappa shape index (κ1) is 15.5. The second-order valence-corrected chi connectivity index (χ2v) is 5.01. The van der Waals surface area contributed by atoms with Gasteiger partial charge in [-0.05, 0) is 35.4 Å². The van der Waals surface area contributed by atoms with Crippen molar-refractivity contribution in [3.63, 3.8) is 0 Å². The predicted octanol–water partition coefficient (Wildman–Crippen LogP) is 3.17. The number of nitriles is 1. The smallest absolute Gasteiger partial charge is 0.142 e. The quantitative estimate of drug-likeness (QED) is 0.892. The minimum atomic E-state index is -0.507. The van der Waals surface area contributed by atoms with Crippen LogP contribution >= 0.6 is 11.6 Å². The van der Waals surface area contributed by atoms with Crippen LogP contribution in [-0.2, 0) is 6.54 Å². The van der Waals surface area contributed by atoms with Crippen LogP contribution in [0.4, 0.5) is 4.39 Å². The number of benzene rings is 2. The molecule has 1 atom stereocenters. The maximum absolute atomic E-state index is 13.5. The molecule has 2 N–H and O–H groups in total. The molecule has 21 heavy (non-hydrogen) atoms. The van der Waals surface area contributed by atoms with Crippen molar-refractivity contribution in [3.8, 4) is 6.07 Å². The number of aliphatic hydroxyl groups is 1. The van der Waals surface area contributed by atoms with Gasteiger partial charge in [0, 0.05) is 6.54 Å². The van der Waals surface area contributed by atoms with E-state index >= 15 is 0 Å². The molecule has 0 aliphatic rings. The summed E-state index contributed by atoms with van der Waals surface area (Å²) >= 11 is 5.65. The predicted molar refractivity (Wildman–Crippen MR) is 79.2 cm³/mol. The molecule has 0 radical (unpaired) electrons. The summed E-state index contributed by atoms with van der Waals surface area (Å²) in [6.07, 6.45) is 0. The van der Waals surface area contributed by atoms with Crippen molar-refractivity contribution >= 4 is 11.6 Å². The molecular formula is C16H14ClFN2O. The maximum atomic E-state index is 13.5. The Kier molecular flexibility index (Phi) is 5.29. The van der Waals surface area contributed by atoms with Gasteiger partial charge in [0.05, 0.1) is 29.3 Å². The highest BCUT2D eigenvalue weighted by Gasteiger charge is 2.12. The van der Waals surface area contributed by atoms with Crippen LogP contribution in [0, 0.1) is 17.1 Å². The molecule has 2 aromatic rings. The minimum absolute atomic E-state index is 0.0579. The first-order chi connectivity index (χ1) is 10.1. The summed E-state index contributed by atoms with van der Waals surface area (Å²) in [5.74, 6) is -0.507. The third-order valence-corrected chi connectivity index (χ3v) is 3.47. The molecule has 2 rings (SSSR count). The summed E-state index contributed by atoms with van der Waals surface area (Å²) in [4.78, 5) is 0. The monoisotopic (exact) mass is 304 g/mol. The van der Waals surface area contributed by atoms with Gasteiger partial charge < -0.3 is 10.4 Å². The molecule has 0 aromatic heterocycles. The van der Waals surface area contributed by atoms with Crippen LogP contribution in [0.2, 0.25) is 5.02 Å². The van der Waals surface area contributed by atoms with Gasteiger partial charge in [-0.1, -0.05) is 29.8 Å². The lowest BCUT2D eigenvalue weighted by molar-refractivity contribution is 0.243. The number of nitrogens with one attached hydrogen (secondary N) is 1. The fourth-order valence-electron chi connectivity index (χ4n) is 1.96. The van der Waals surface area contributed by atoms with Crippen LogP contribution in [0.1, 0.15) is 22.7 Å². The average Bonchev–Trinajstić information content (AvgIpc) is 2.52. The summed E-state index contributed by atoms with van der Waals surface area (Å²) in [5.41, 5.74) is 2.20. The van der Waals surface area contributed by atoms with Crippen molar-refractivity contribution in [1.29, 1.82) is 5.26 Å². The van der Waals surface area contributed by atoms with Crippen molar-refractivity contribution in [1.82, 2.24) is 5.32 Å². The Hall–Kier alpha value is -1.93. The lowest BCUT2D eigenvalue weighted by Gasteiger charge is -2.17. The molecule has 0 spiro atoms. The fraction of sp³-hybridized carbons (Fsp3) is 0.188. The second kappa shape index (κ2) is 7.19. The van der Waals surface area contributed by atoms with E-state index in [2.05, 4.69) is 11.4 Å². The van der Waals surface area contributed by atoms with E-state index in [1.807, 2.05) is 12.1 Å². The van der Waals surface area contributed by atoms with Crippen LogP contribution in [0.3, 0.4) is 0 Å². The van der Waals surface area contributed by atoms with Gasteiger partial charge in [-0.25, -0.2) is 4.39 Å². The van der Waals surface area contributed by atoms with Gasteiger partial charge in [0.1, 0.15) is 5.82 Å². The number of hydrogen-bond acceptors (Lipinski definition) is 3. The van der Waals surface area contributed by atoms with Gasteiger partial charge in [-0.2, -0.15) is 5.26 Å². The summed E-state index contributed by atoms with van der Waals surface area (Å²) in [7, 11) is 0. The van der Waals surface area contributed by atoms with Crippen LogP contribution in [0.15, 0.2) is 42.5 Å². The SMILES string of the molecule is N#Cc1ccc(CNC(CO)c2ccc(Cl)c(F)c2)cc1. The standard InChI is InChI=1S/C16H14ClFN2O/c17-14-6-5-13(7-15(14)18)16(10-21)20-9-12-3-1-11(8-19)2-4-12/h1-7,16,20-21H,9-10H2. The molecule has 3 nitrogen and oxygen atoms in total. The Morgan fingerprint density at radius 1 is 1.24 bits per heavy atom. The lowest BCUT2D eigenvalue weighted by atomic mass is 10.1. The van der Waals surface area contributed by atoms with E-state index in [1.54, 1.807) is 18.2 Å². The van der Waals surface area contributed by atoms with E-state index in [1.165, 1.54) is 12.1 Å². The van der Waals surface area contributed by atoms with Crippen LogP contribution in [0.25, 0.3) is 0 Å². The van der Waals surface area contributed by atoms with Crippen molar-refractivity contribution in [2.75, 3.05) is 6.61 Å². The third-order valence-electron chi connectivity index (χ3n) is 3.16. The maximum Gasteiger partial charge on any atom is 0.142 e. The summed E-state index contributed by atoms with van der Waals surface area (Å²) in [6.45, 7) is 0.346. The van der Waals surface area contributed by atoms with Crippen LogP contribution in [0.5, 0.6) is 0 Å². The zero-order valence-corrected chi connectivity index (χ0v) is 11.9. The van der Waals surface area contributed by atoms with Gasteiger partial charge in [0.2, 0.25) is 0 Å². The average molecular weight is 305 g/mol. The van der Waals surface area contributed by atoms with Gasteiger partial charge >= 0.3 is 0 Å². The van der Waals surface area contributed by atoms with Crippen LogP contribution in [-0.4, -0.2) is 11.7 Å². The number of rotatable bonds is 5. The fourth-order valence-corrected chi connectivity index (χ4v) is 2.07. The molecule has 0 amide bonds. The normalized spacial score (nSPS) is 11.9. The van der Waals surface area contributed by atoms with E-state index in [0.29, 0.717) is 17.7 Å². The molecule has 0 fully saturated rings. The molecule has 1 unspecified atom stereocenters. The molecule has 108 valence electrons. The highest BCUT2D eigenvalue weighted by atomic mass is 35.5. The topological polar surface area (TPSA) is 56.0 Å². The first-order valence-electron chi connectivity index (χ1n) is 6.42. The van der Waals surface area contributed by atoms with Gasteiger partial charge in [-0.15, -0.1) is 0 Å². The Balaban J connectivity index is 2.04. The molecule has 0 heterocycles. The van der Waals surface area contributed by atoms with Gasteiger partial charge in [0.25, 0.3) is 0 Å².